The van der Waals surface area contributed by atoms with Gasteiger partial charge in [0.05, 0.1) is 37.9 Å². The molecule has 4 rings (SSSR count). The maximum Gasteiger partial charge on any atom is 0.227 e. The van der Waals surface area contributed by atoms with Crippen molar-refractivity contribution in [2.24, 2.45) is 5.92 Å². The van der Waals surface area contributed by atoms with Crippen LogP contribution >= 0.6 is 0 Å². The molecule has 0 amide bonds. The number of allylic oxidation sites excluding steroid dienone is 7. The number of aromatic nitrogens is 2. The quantitative estimate of drug-likeness (QED) is 0.372. The van der Waals surface area contributed by atoms with E-state index in [1.807, 2.05) is 31.3 Å². The molecule has 7 heteroatoms. The Morgan fingerprint density at radius 1 is 1.18 bits per heavy atom. The normalized spacial score (nSPS) is 25.4. The highest BCUT2D eigenvalue weighted by atomic mass is 16.5. The van der Waals surface area contributed by atoms with Crippen LogP contribution in [0.2, 0.25) is 0 Å². The summed E-state index contributed by atoms with van der Waals surface area (Å²) >= 11 is 0. The second-order valence-corrected chi connectivity index (χ2v) is 10.2. The summed E-state index contributed by atoms with van der Waals surface area (Å²) in [6, 6.07) is 1.98. The number of anilines is 1. The molecule has 0 saturated carbocycles. The van der Waals surface area contributed by atoms with Crippen molar-refractivity contribution in [1.82, 2.24) is 14.9 Å². The first-order chi connectivity index (χ1) is 19.2. The molecule has 3 aliphatic rings. The standard InChI is InChI=1S/C32H44N4O3/c1-3-30-14-13-29(26(2)39-24-20-36-18-4-5-19-36)25-38-22-7-6-21-37-23-16-27-9-8-10-28(12-11-27)31-15-17-33-32(34-30)35-31/h3,6-12,15,17,28-29H,2,4-5,13-14,16,18-25H2,1H3,(H,33,34,35)/b7-6+,30-3+. The number of likely N-dealkylation sites (tertiary alicyclic amines) is 1. The van der Waals surface area contributed by atoms with Crippen LogP contribution in [0.1, 0.15) is 50.6 Å². The highest BCUT2D eigenvalue weighted by Gasteiger charge is 2.18. The van der Waals surface area contributed by atoms with E-state index in [4.69, 9.17) is 19.2 Å². The number of ether oxygens (including phenoxy) is 3. The molecule has 7 nitrogen and oxygen atoms in total. The van der Waals surface area contributed by atoms with E-state index in [1.165, 1.54) is 31.5 Å². The molecule has 210 valence electrons. The number of rotatable bonds is 5. The molecule has 2 atom stereocenters. The molecule has 1 aromatic heterocycles. The average Bonchev–Trinajstić information content (AvgIpc) is 3.36. The fourth-order valence-corrected chi connectivity index (χ4v) is 4.90. The van der Waals surface area contributed by atoms with Crippen molar-refractivity contribution in [1.29, 1.82) is 0 Å². The van der Waals surface area contributed by atoms with Crippen molar-refractivity contribution in [3.05, 3.63) is 90.2 Å². The van der Waals surface area contributed by atoms with Gasteiger partial charge in [0, 0.05) is 30.3 Å². The van der Waals surface area contributed by atoms with Crippen molar-refractivity contribution in [3.63, 3.8) is 0 Å². The number of hydrogen-bond donors (Lipinski definition) is 1. The predicted molar refractivity (Wildman–Crippen MR) is 157 cm³/mol. The molecule has 3 heterocycles. The Bertz CT molecular complexity index is 1070. The zero-order valence-corrected chi connectivity index (χ0v) is 23.4. The Kier molecular flexibility index (Phi) is 12.0. The Hall–Kier alpha value is -3.00. The lowest BCUT2D eigenvalue weighted by Crippen LogP contribution is -2.25. The maximum absolute atomic E-state index is 6.12. The van der Waals surface area contributed by atoms with Gasteiger partial charge in [-0.2, -0.15) is 0 Å². The van der Waals surface area contributed by atoms with E-state index in [0.717, 1.165) is 43.0 Å². The van der Waals surface area contributed by atoms with Crippen molar-refractivity contribution in [3.8, 4) is 0 Å². The number of hydrogen-bond acceptors (Lipinski definition) is 7. The van der Waals surface area contributed by atoms with E-state index in [9.17, 15) is 0 Å². The molecule has 0 radical (unpaired) electrons. The molecule has 39 heavy (non-hydrogen) atoms. The molecule has 4 bridgehead atoms. The molecule has 2 aliphatic heterocycles. The van der Waals surface area contributed by atoms with Gasteiger partial charge in [-0.15, -0.1) is 0 Å². The van der Waals surface area contributed by atoms with E-state index >= 15 is 0 Å². The summed E-state index contributed by atoms with van der Waals surface area (Å²) in [4.78, 5) is 11.8. The predicted octanol–water partition coefficient (Wildman–Crippen LogP) is 5.94. The van der Waals surface area contributed by atoms with E-state index in [0.29, 0.717) is 39.0 Å². The van der Waals surface area contributed by atoms with Crippen LogP contribution < -0.4 is 5.32 Å². The van der Waals surface area contributed by atoms with Gasteiger partial charge in [0.1, 0.15) is 6.61 Å². The average molecular weight is 533 g/mol. The summed E-state index contributed by atoms with van der Waals surface area (Å²) in [6.07, 6.45) is 23.8. The fourth-order valence-electron chi connectivity index (χ4n) is 4.90. The van der Waals surface area contributed by atoms with Crippen LogP contribution in [-0.4, -0.2) is 67.5 Å². The van der Waals surface area contributed by atoms with Crippen LogP contribution in [0.4, 0.5) is 5.95 Å². The molecule has 0 spiro atoms. The first-order valence-corrected chi connectivity index (χ1v) is 14.4. The zero-order chi connectivity index (χ0) is 27.1. The van der Waals surface area contributed by atoms with Crippen LogP contribution in [0, 0.1) is 5.92 Å². The minimum Gasteiger partial charge on any atom is -0.497 e. The fraction of sp³-hybridized carbons (Fsp3) is 0.500. The molecule has 0 aromatic carbocycles. The van der Waals surface area contributed by atoms with Gasteiger partial charge in [-0.05, 0) is 63.8 Å². The lowest BCUT2D eigenvalue weighted by molar-refractivity contribution is 0.0854. The number of nitrogens with one attached hydrogen (secondary N) is 1. The van der Waals surface area contributed by atoms with Gasteiger partial charge in [0.25, 0.3) is 0 Å². The van der Waals surface area contributed by atoms with E-state index in [-0.39, 0.29) is 11.8 Å². The van der Waals surface area contributed by atoms with Crippen molar-refractivity contribution >= 4 is 5.95 Å². The third-order valence-electron chi connectivity index (χ3n) is 7.35. The Balaban J connectivity index is 1.42. The van der Waals surface area contributed by atoms with Crippen LogP contribution in [0.25, 0.3) is 0 Å². The van der Waals surface area contributed by atoms with Gasteiger partial charge in [-0.3, -0.25) is 4.90 Å². The lowest BCUT2D eigenvalue weighted by atomic mass is 10.0. The van der Waals surface area contributed by atoms with Crippen molar-refractivity contribution in [2.45, 2.75) is 44.9 Å². The molecule has 2 unspecified atom stereocenters. The minimum atomic E-state index is 0.0917. The minimum absolute atomic E-state index is 0.0917. The topological polar surface area (TPSA) is 68.7 Å². The summed E-state index contributed by atoms with van der Waals surface area (Å²) in [5, 5.41) is 3.44. The van der Waals surface area contributed by atoms with Gasteiger partial charge >= 0.3 is 0 Å². The summed E-state index contributed by atoms with van der Waals surface area (Å²) in [5.74, 6) is 1.59. The van der Waals surface area contributed by atoms with E-state index in [1.54, 1.807) is 0 Å². The van der Waals surface area contributed by atoms with Crippen molar-refractivity contribution in [2.75, 3.05) is 58.0 Å². The van der Waals surface area contributed by atoms with Crippen LogP contribution in [0.15, 0.2) is 84.5 Å². The number of nitrogens with zero attached hydrogens (tertiary/aromatic N) is 3. The SMILES string of the molecule is C=C(OCCN1CCCC1)C1CC/C(=C\C)Nc2nccc(n2)C2C=CC=C(C=C2)CCOC/C=C/COC1. The molecule has 1 N–H and O–H groups in total. The second kappa shape index (κ2) is 16.2. The summed E-state index contributed by atoms with van der Waals surface area (Å²) in [5.41, 5.74) is 3.27. The van der Waals surface area contributed by atoms with Gasteiger partial charge in [-0.1, -0.05) is 55.2 Å². The van der Waals surface area contributed by atoms with E-state index in [2.05, 4.69) is 58.2 Å². The summed E-state index contributed by atoms with van der Waals surface area (Å²) < 4.78 is 18.0. The summed E-state index contributed by atoms with van der Waals surface area (Å²) in [6.45, 7) is 12.6. The monoisotopic (exact) mass is 532 g/mol. The molecule has 1 aliphatic carbocycles. The lowest BCUT2D eigenvalue weighted by Gasteiger charge is -2.22. The molecule has 1 fully saturated rings. The molecule has 1 aromatic rings. The largest absolute Gasteiger partial charge is 0.497 e. The Morgan fingerprint density at radius 3 is 2.87 bits per heavy atom. The second-order valence-electron chi connectivity index (χ2n) is 10.2. The zero-order valence-electron chi connectivity index (χ0n) is 23.4. The summed E-state index contributed by atoms with van der Waals surface area (Å²) in [7, 11) is 0. The first-order valence-electron chi connectivity index (χ1n) is 14.4. The third-order valence-corrected chi connectivity index (χ3v) is 7.35. The van der Waals surface area contributed by atoms with Crippen LogP contribution in [-0.2, 0) is 14.2 Å². The Labute approximate surface area is 234 Å². The van der Waals surface area contributed by atoms with E-state index < -0.39 is 0 Å². The highest BCUT2D eigenvalue weighted by molar-refractivity contribution is 5.39. The number of fused-ring (bicyclic) bond motifs is 5. The maximum atomic E-state index is 6.12. The van der Waals surface area contributed by atoms with Gasteiger partial charge < -0.3 is 19.5 Å². The molecular formula is C32H44N4O3. The smallest absolute Gasteiger partial charge is 0.227 e. The van der Waals surface area contributed by atoms with Gasteiger partial charge in [0.2, 0.25) is 5.95 Å². The van der Waals surface area contributed by atoms with Crippen LogP contribution in [0.5, 0.6) is 0 Å². The highest BCUT2D eigenvalue weighted by Crippen LogP contribution is 2.24. The molecule has 1 saturated heterocycles. The van der Waals surface area contributed by atoms with Crippen molar-refractivity contribution < 1.29 is 14.2 Å². The van der Waals surface area contributed by atoms with Crippen LogP contribution in [0.3, 0.4) is 0 Å². The molecular weight excluding hydrogens is 488 g/mol. The third kappa shape index (κ3) is 9.92. The first kappa shape index (κ1) is 29.0. The van der Waals surface area contributed by atoms with Gasteiger partial charge in [0.15, 0.2) is 0 Å². The van der Waals surface area contributed by atoms with Gasteiger partial charge in [-0.25, -0.2) is 9.97 Å². The Morgan fingerprint density at radius 2 is 2.03 bits per heavy atom.